The predicted molar refractivity (Wildman–Crippen MR) is 51.2 cm³/mol. The molecule has 70 valence electrons. The Kier molecular flexibility index (Phi) is 3.39. The summed E-state index contributed by atoms with van der Waals surface area (Å²) < 4.78 is 4.99. The van der Waals surface area contributed by atoms with Crippen LogP contribution in [0.5, 0.6) is 5.75 Å². The van der Waals surface area contributed by atoms with Crippen LogP contribution in [0.3, 0.4) is 0 Å². The number of amides is 1. The molecule has 0 saturated heterocycles. The Balaban J connectivity index is 2.77. The number of nitrogens with two attached hydrogens (primary N) is 1. The molecule has 1 amide bonds. The van der Waals surface area contributed by atoms with Crippen molar-refractivity contribution >= 4 is 29.1 Å². The van der Waals surface area contributed by atoms with Crippen LogP contribution in [-0.2, 0) is 4.79 Å². The Hall–Kier alpha value is -0.930. The van der Waals surface area contributed by atoms with Gasteiger partial charge < -0.3 is 10.5 Å². The molecule has 1 rings (SSSR count). The van der Waals surface area contributed by atoms with Gasteiger partial charge in [-0.15, -0.1) is 0 Å². The molecule has 0 atom stereocenters. The minimum absolute atomic E-state index is 0.208. The van der Waals surface area contributed by atoms with Gasteiger partial charge in [-0.05, 0) is 12.1 Å². The second-order valence-electron chi connectivity index (χ2n) is 2.31. The van der Waals surface area contributed by atoms with E-state index >= 15 is 0 Å². The lowest BCUT2D eigenvalue weighted by atomic mass is 10.3. The van der Waals surface area contributed by atoms with E-state index in [1.807, 2.05) is 0 Å². The molecule has 5 heteroatoms. The Morgan fingerprint density at radius 2 is 2.15 bits per heavy atom. The minimum atomic E-state index is -0.559. The topological polar surface area (TPSA) is 52.3 Å². The summed E-state index contributed by atoms with van der Waals surface area (Å²) in [4.78, 5) is 10.4. The summed E-state index contributed by atoms with van der Waals surface area (Å²) in [6.45, 7) is -0.208. The average Bonchev–Trinajstić information content (AvgIpc) is 2.07. The number of rotatable bonds is 3. The van der Waals surface area contributed by atoms with E-state index in [0.29, 0.717) is 10.8 Å². The van der Waals surface area contributed by atoms with E-state index in [4.69, 9.17) is 33.7 Å². The van der Waals surface area contributed by atoms with Crippen molar-refractivity contribution in [2.45, 2.75) is 0 Å². The zero-order valence-electron chi connectivity index (χ0n) is 6.59. The smallest absolute Gasteiger partial charge is 0.255 e. The van der Waals surface area contributed by atoms with Crippen molar-refractivity contribution in [3.8, 4) is 5.75 Å². The van der Waals surface area contributed by atoms with E-state index in [0.717, 1.165) is 0 Å². The SMILES string of the molecule is NC(=O)COc1cccc(Cl)c1Cl. The number of hydrogen-bond donors (Lipinski definition) is 1. The molecular formula is C8H7Cl2NO2. The molecule has 0 fully saturated rings. The molecule has 0 unspecified atom stereocenters. The number of carbonyl (C=O) groups excluding carboxylic acids is 1. The highest BCUT2D eigenvalue weighted by atomic mass is 35.5. The van der Waals surface area contributed by atoms with Gasteiger partial charge in [-0.2, -0.15) is 0 Å². The van der Waals surface area contributed by atoms with Crippen molar-refractivity contribution in [2.75, 3.05) is 6.61 Å². The Bertz CT molecular complexity index is 328. The van der Waals surface area contributed by atoms with Crippen LogP contribution in [0.2, 0.25) is 10.0 Å². The van der Waals surface area contributed by atoms with Gasteiger partial charge in [-0.3, -0.25) is 4.79 Å². The van der Waals surface area contributed by atoms with Crippen LogP contribution in [0, 0.1) is 0 Å². The Morgan fingerprint density at radius 1 is 1.46 bits per heavy atom. The molecule has 0 aliphatic heterocycles. The fourth-order valence-electron chi connectivity index (χ4n) is 0.744. The Labute approximate surface area is 85.4 Å². The molecule has 2 N–H and O–H groups in total. The summed E-state index contributed by atoms with van der Waals surface area (Å²) in [7, 11) is 0. The van der Waals surface area contributed by atoms with Gasteiger partial charge in [-0.25, -0.2) is 0 Å². The van der Waals surface area contributed by atoms with Crippen molar-refractivity contribution in [2.24, 2.45) is 5.73 Å². The average molecular weight is 220 g/mol. The molecule has 0 aliphatic carbocycles. The first kappa shape index (κ1) is 10.2. The lowest BCUT2D eigenvalue weighted by Crippen LogP contribution is -2.20. The van der Waals surface area contributed by atoms with Crippen LogP contribution < -0.4 is 10.5 Å². The van der Waals surface area contributed by atoms with Crippen molar-refractivity contribution in [3.63, 3.8) is 0 Å². The maximum absolute atomic E-state index is 10.4. The van der Waals surface area contributed by atoms with Crippen LogP contribution in [-0.4, -0.2) is 12.5 Å². The highest BCUT2D eigenvalue weighted by Gasteiger charge is 2.05. The van der Waals surface area contributed by atoms with Gasteiger partial charge in [0.1, 0.15) is 10.8 Å². The zero-order chi connectivity index (χ0) is 9.84. The number of primary amides is 1. The van der Waals surface area contributed by atoms with Crippen LogP contribution in [0.4, 0.5) is 0 Å². The molecular weight excluding hydrogens is 213 g/mol. The largest absolute Gasteiger partial charge is 0.482 e. The monoisotopic (exact) mass is 219 g/mol. The van der Waals surface area contributed by atoms with Gasteiger partial charge in [0.2, 0.25) is 0 Å². The fraction of sp³-hybridized carbons (Fsp3) is 0.125. The highest BCUT2D eigenvalue weighted by Crippen LogP contribution is 2.31. The number of halogens is 2. The maximum Gasteiger partial charge on any atom is 0.255 e. The lowest BCUT2D eigenvalue weighted by molar-refractivity contribution is -0.119. The maximum atomic E-state index is 10.4. The highest BCUT2D eigenvalue weighted by molar-refractivity contribution is 6.42. The molecule has 0 bridgehead atoms. The van der Waals surface area contributed by atoms with Crippen molar-refractivity contribution in [1.29, 1.82) is 0 Å². The fourth-order valence-corrected chi connectivity index (χ4v) is 1.09. The first-order chi connectivity index (χ1) is 6.11. The van der Waals surface area contributed by atoms with E-state index < -0.39 is 5.91 Å². The summed E-state index contributed by atoms with van der Waals surface area (Å²) in [5.41, 5.74) is 4.89. The summed E-state index contributed by atoms with van der Waals surface area (Å²) in [5.74, 6) is -0.205. The summed E-state index contributed by atoms with van der Waals surface area (Å²) in [6.07, 6.45) is 0. The minimum Gasteiger partial charge on any atom is -0.482 e. The quantitative estimate of drug-likeness (QED) is 0.844. The third-order valence-corrected chi connectivity index (χ3v) is 2.09. The van der Waals surface area contributed by atoms with Crippen molar-refractivity contribution in [1.82, 2.24) is 0 Å². The standard InChI is InChI=1S/C8H7Cl2NO2/c9-5-2-1-3-6(8(5)10)13-4-7(11)12/h1-3H,4H2,(H2,11,12). The molecule has 3 nitrogen and oxygen atoms in total. The molecule has 0 spiro atoms. The second kappa shape index (κ2) is 4.35. The predicted octanol–water partition coefficient (Wildman–Crippen LogP) is 1.86. The van der Waals surface area contributed by atoms with Gasteiger partial charge in [0, 0.05) is 0 Å². The molecule has 0 radical (unpaired) electrons. The first-order valence-electron chi connectivity index (χ1n) is 3.46. The zero-order valence-corrected chi connectivity index (χ0v) is 8.10. The third kappa shape index (κ3) is 2.79. The molecule has 0 saturated carbocycles. The molecule has 0 heterocycles. The van der Waals surface area contributed by atoms with Crippen LogP contribution in [0.1, 0.15) is 0 Å². The Morgan fingerprint density at radius 3 is 2.77 bits per heavy atom. The van der Waals surface area contributed by atoms with E-state index in [-0.39, 0.29) is 11.6 Å². The molecule has 0 aliphatic rings. The second-order valence-corrected chi connectivity index (χ2v) is 3.09. The van der Waals surface area contributed by atoms with Gasteiger partial charge in [0.15, 0.2) is 6.61 Å². The van der Waals surface area contributed by atoms with Crippen LogP contribution >= 0.6 is 23.2 Å². The lowest BCUT2D eigenvalue weighted by Gasteiger charge is -2.05. The van der Waals surface area contributed by atoms with Gasteiger partial charge in [0.05, 0.1) is 5.02 Å². The normalized spacial score (nSPS) is 9.69. The van der Waals surface area contributed by atoms with Crippen molar-refractivity contribution in [3.05, 3.63) is 28.2 Å². The van der Waals surface area contributed by atoms with E-state index in [1.54, 1.807) is 18.2 Å². The number of hydrogen-bond acceptors (Lipinski definition) is 2. The molecule has 13 heavy (non-hydrogen) atoms. The van der Waals surface area contributed by atoms with Gasteiger partial charge >= 0.3 is 0 Å². The first-order valence-corrected chi connectivity index (χ1v) is 4.22. The summed E-state index contributed by atoms with van der Waals surface area (Å²) in [5, 5.41) is 0.661. The third-order valence-electron chi connectivity index (χ3n) is 1.29. The van der Waals surface area contributed by atoms with Gasteiger partial charge in [-0.1, -0.05) is 29.3 Å². The van der Waals surface area contributed by atoms with E-state index in [1.165, 1.54) is 0 Å². The summed E-state index contributed by atoms with van der Waals surface area (Å²) >= 11 is 11.5. The van der Waals surface area contributed by atoms with Crippen LogP contribution in [0.25, 0.3) is 0 Å². The number of ether oxygens (including phenoxy) is 1. The molecule has 0 aromatic heterocycles. The molecule has 1 aromatic carbocycles. The van der Waals surface area contributed by atoms with Gasteiger partial charge in [0.25, 0.3) is 5.91 Å². The van der Waals surface area contributed by atoms with Crippen molar-refractivity contribution < 1.29 is 9.53 Å². The van der Waals surface area contributed by atoms with Crippen LogP contribution in [0.15, 0.2) is 18.2 Å². The number of benzene rings is 1. The molecule has 1 aromatic rings. The van der Waals surface area contributed by atoms with E-state index in [2.05, 4.69) is 0 Å². The number of carbonyl (C=O) groups is 1. The van der Waals surface area contributed by atoms with E-state index in [9.17, 15) is 4.79 Å². The summed E-state index contributed by atoms with van der Waals surface area (Å²) in [6, 6.07) is 4.91.